The molecule has 34 heavy (non-hydrogen) atoms. The third-order valence-electron chi connectivity index (χ3n) is 4.83. The molecule has 0 radical (unpaired) electrons. The van der Waals surface area contributed by atoms with Crippen LogP contribution in [0.15, 0.2) is 61.6 Å². The molecular formula is C24H22F3N5O2. The smallest absolute Gasteiger partial charge is 0.406 e. The average molecular weight is 469 g/mol. The van der Waals surface area contributed by atoms with E-state index in [1.807, 2.05) is 17.9 Å². The second-order valence-electron chi connectivity index (χ2n) is 7.15. The summed E-state index contributed by atoms with van der Waals surface area (Å²) in [5, 5.41) is 21.7. The third-order valence-corrected chi connectivity index (χ3v) is 4.83. The molecule has 0 amide bonds. The van der Waals surface area contributed by atoms with Crippen molar-refractivity contribution in [2.45, 2.75) is 13.3 Å². The first-order chi connectivity index (χ1) is 16.2. The monoisotopic (exact) mass is 469 g/mol. The van der Waals surface area contributed by atoms with E-state index in [2.05, 4.69) is 32.7 Å². The number of nitrogens with one attached hydrogen (secondary N) is 1. The first kappa shape index (κ1) is 24.5. The normalized spacial score (nSPS) is 10.9. The lowest BCUT2D eigenvalue weighted by atomic mass is 10.0. The molecule has 0 aliphatic heterocycles. The van der Waals surface area contributed by atoms with Gasteiger partial charge in [-0.25, -0.2) is 4.98 Å². The molecule has 0 fully saturated rings. The highest BCUT2D eigenvalue weighted by Crippen LogP contribution is 2.32. The van der Waals surface area contributed by atoms with Gasteiger partial charge in [0.05, 0.1) is 12.2 Å². The zero-order chi connectivity index (χ0) is 24.7. The van der Waals surface area contributed by atoms with Crippen LogP contribution in [0.4, 0.5) is 24.7 Å². The summed E-state index contributed by atoms with van der Waals surface area (Å²) in [6, 6.07) is 10.9. The molecule has 3 aromatic rings. The van der Waals surface area contributed by atoms with E-state index in [1.165, 1.54) is 30.5 Å². The lowest BCUT2D eigenvalue weighted by Gasteiger charge is -2.24. The number of rotatable bonds is 9. The lowest BCUT2D eigenvalue weighted by Crippen LogP contribution is -2.27. The zero-order valence-corrected chi connectivity index (χ0v) is 18.3. The number of anilines is 2. The van der Waals surface area contributed by atoms with Gasteiger partial charge in [-0.1, -0.05) is 6.58 Å². The van der Waals surface area contributed by atoms with E-state index in [-0.39, 0.29) is 12.4 Å². The van der Waals surface area contributed by atoms with Gasteiger partial charge in [-0.15, -0.1) is 13.2 Å². The van der Waals surface area contributed by atoms with Crippen LogP contribution in [0.1, 0.15) is 18.1 Å². The number of halogens is 3. The Labute approximate surface area is 194 Å². The van der Waals surface area contributed by atoms with Gasteiger partial charge >= 0.3 is 6.36 Å². The molecule has 0 bridgehead atoms. The number of hydrogen-bond donors (Lipinski definition) is 2. The van der Waals surface area contributed by atoms with Crippen LogP contribution >= 0.6 is 0 Å². The van der Waals surface area contributed by atoms with E-state index in [1.54, 1.807) is 18.5 Å². The maximum atomic E-state index is 12.4. The maximum Gasteiger partial charge on any atom is 0.573 e. The number of hydrogen-bond acceptors (Lipinski definition) is 7. The Balaban J connectivity index is 1.92. The Morgan fingerprint density at radius 1 is 1.21 bits per heavy atom. The maximum absolute atomic E-state index is 12.4. The standard InChI is InChI=1S/C24H22F3N5O2/c1-3-32(8-9-33)23-22(19-10-17(12-28)13-29-14-19)11-18(15-30-23)16(2)31-20-4-6-21(7-5-20)34-24(25,26)27/h4-7,10-11,13-15,31,33H,2-3,8-9H2,1H3. The van der Waals surface area contributed by atoms with E-state index >= 15 is 0 Å². The van der Waals surface area contributed by atoms with Crippen molar-refractivity contribution in [1.29, 1.82) is 5.26 Å². The molecule has 2 N–H and O–H groups in total. The molecule has 3 rings (SSSR count). The number of nitriles is 1. The summed E-state index contributed by atoms with van der Waals surface area (Å²) in [7, 11) is 0. The molecule has 2 heterocycles. The number of pyridine rings is 2. The van der Waals surface area contributed by atoms with Gasteiger partial charge in [-0.2, -0.15) is 5.26 Å². The summed E-state index contributed by atoms with van der Waals surface area (Å²) in [6.07, 6.45) is -0.0781. The predicted octanol–water partition coefficient (Wildman–Crippen LogP) is 4.82. The van der Waals surface area contributed by atoms with Crippen LogP contribution in [-0.2, 0) is 0 Å². The van der Waals surface area contributed by atoms with Gasteiger partial charge in [0.15, 0.2) is 0 Å². The molecule has 0 saturated carbocycles. The van der Waals surface area contributed by atoms with Crippen LogP contribution in [0, 0.1) is 11.3 Å². The van der Waals surface area contributed by atoms with Crippen molar-refractivity contribution in [3.05, 3.63) is 72.7 Å². The SMILES string of the molecule is C=C(Nc1ccc(OC(F)(F)F)cc1)c1cnc(N(CC)CCO)c(-c2cncc(C#N)c2)c1. The fourth-order valence-electron chi connectivity index (χ4n) is 3.26. The molecule has 1 aromatic carbocycles. The minimum absolute atomic E-state index is 0.0600. The third kappa shape index (κ3) is 6.24. The van der Waals surface area contributed by atoms with Crippen LogP contribution in [0.25, 0.3) is 16.8 Å². The Kier molecular flexibility index (Phi) is 7.71. The minimum atomic E-state index is -4.76. The van der Waals surface area contributed by atoms with E-state index in [0.717, 1.165) is 0 Å². The van der Waals surface area contributed by atoms with Crippen molar-refractivity contribution in [2.75, 3.05) is 29.9 Å². The van der Waals surface area contributed by atoms with Gasteiger partial charge in [0, 0.05) is 59.8 Å². The van der Waals surface area contributed by atoms with Crippen molar-refractivity contribution >= 4 is 17.2 Å². The average Bonchev–Trinajstić information content (AvgIpc) is 2.82. The molecule has 2 aromatic heterocycles. The van der Waals surface area contributed by atoms with Gasteiger partial charge in [-0.3, -0.25) is 4.98 Å². The van der Waals surface area contributed by atoms with E-state index in [4.69, 9.17) is 0 Å². The molecule has 7 nitrogen and oxygen atoms in total. The summed E-state index contributed by atoms with van der Waals surface area (Å²) in [5.74, 6) is 0.282. The van der Waals surface area contributed by atoms with Crippen molar-refractivity contribution in [3.63, 3.8) is 0 Å². The number of aromatic nitrogens is 2. The molecule has 0 unspecified atom stereocenters. The highest BCUT2D eigenvalue weighted by Gasteiger charge is 2.31. The van der Waals surface area contributed by atoms with Crippen molar-refractivity contribution in [1.82, 2.24) is 9.97 Å². The number of likely N-dealkylation sites (N-methyl/N-ethyl adjacent to an activating group) is 1. The van der Waals surface area contributed by atoms with Crippen LogP contribution in [0.3, 0.4) is 0 Å². The Morgan fingerprint density at radius 2 is 1.94 bits per heavy atom. The van der Waals surface area contributed by atoms with Crippen molar-refractivity contribution in [2.24, 2.45) is 0 Å². The van der Waals surface area contributed by atoms with E-state index < -0.39 is 6.36 Å². The van der Waals surface area contributed by atoms with Gasteiger partial charge in [-0.05, 0) is 43.3 Å². The van der Waals surface area contributed by atoms with Gasteiger partial charge in [0.1, 0.15) is 17.6 Å². The summed E-state index contributed by atoms with van der Waals surface area (Å²) >= 11 is 0. The van der Waals surface area contributed by atoms with E-state index in [9.17, 15) is 23.5 Å². The minimum Gasteiger partial charge on any atom is -0.406 e. The zero-order valence-electron chi connectivity index (χ0n) is 18.3. The quantitative estimate of drug-likeness (QED) is 0.464. The highest BCUT2D eigenvalue weighted by molar-refractivity contribution is 5.82. The summed E-state index contributed by atoms with van der Waals surface area (Å²) in [4.78, 5) is 10.6. The van der Waals surface area contributed by atoms with Gasteiger partial charge in [0.2, 0.25) is 0 Å². The topological polar surface area (TPSA) is 94.3 Å². The summed E-state index contributed by atoms with van der Waals surface area (Å²) < 4.78 is 41.0. The second kappa shape index (κ2) is 10.7. The van der Waals surface area contributed by atoms with Crippen molar-refractivity contribution < 1.29 is 23.0 Å². The first-order valence-corrected chi connectivity index (χ1v) is 10.3. The summed E-state index contributed by atoms with van der Waals surface area (Å²) in [5.41, 5.74) is 3.33. The van der Waals surface area contributed by atoms with Gasteiger partial charge in [0.25, 0.3) is 0 Å². The van der Waals surface area contributed by atoms with Crippen LogP contribution in [-0.4, -0.2) is 41.1 Å². The molecule has 10 heteroatoms. The summed E-state index contributed by atoms with van der Waals surface area (Å²) in [6.45, 7) is 6.86. The number of nitrogens with zero attached hydrogens (tertiary/aromatic N) is 4. The van der Waals surface area contributed by atoms with Crippen molar-refractivity contribution in [3.8, 4) is 22.9 Å². The molecule has 0 saturated heterocycles. The Hall–Kier alpha value is -4.10. The molecule has 0 aliphatic carbocycles. The molecule has 0 aliphatic rings. The van der Waals surface area contributed by atoms with Crippen LogP contribution < -0.4 is 15.0 Å². The molecule has 0 atom stereocenters. The first-order valence-electron chi connectivity index (χ1n) is 10.3. The number of benzene rings is 1. The fraction of sp³-hybridized carbons (Fsp3) is 0.208. The Bertz CT molecular complexity index is 1190. The Morgan fingerprint density at radius 3 is 2.56 bits per heavy atom. The largest absolute Gasteiger partial charge is 0.573 e. The molecular weight excluding hydrogens is 447 g/mol. The predicted molar refractivity (Wildman–Crippen MR) is 123 cm³/mol. The van der Waals surface area contributed by atoms with Crippen LogP contribution in [0.2, 0.25) is 0 Å². The van der Waals surface area contributed by atoms with Crippen LogP contribution in [0.5, 0.6) is 5.75 Å². The lowest BCUT2D eigenvalue weighted by molar-refractivity contribution is -0.274. The number of aliphatic hydroxyl groups is 1. The fourth-order valence-corrected chi connectivity index (χ4v) is 3.26. The second-order valence-corrected chi connectivity index (χ2v) is 7.15. The number of alkyl halides is 3. The van der Waals surface area contributed by atoms with E-state index in [0.29, 0.717) is 52.5 Å². The number of aliphatic hydroxyl groups excluding tert-OH is 1. The molecule has 0 spiro atoms. The van der Waals surface area contributed by atoms with Gasteiger partial charge < -0.3 is 20.1 Å². The highest BCUT2D eigenvalue weighted by atomic mass is 19.4. The molecule has 176 valence electrons. The number of ether oxygens (including phenoxy) is 1.